The van der Waals surface area contributed by atoms with Crippen molar-refractivity contribution in [1.29, 1.82) is 0 Å². The molecule has 31 heavy (non-hydrogen) atoms. The molecule has 1 aromatic carbocycles. The molecule has 1 atom stereocenters. The maximum Gasteiger partial charge on any atom is 0.220 e. The molecular formula is C24H28ClN6. The van der Waals surface area contributed by atoms with Crippen LogP contribution >= 0.6 is 11.6 Å². The molecule has 0 aliphatic carbocycles. The number of likely N-dealkylation sites (tertiary alicyclic amines) is 1. The van der Waals surface area contributed by atoms with Gasteiger partial charge in [-0.2, -0.15) is 0 Å². The summed E-state index contributed by atoms with van der Waals surface area (Å²) in [7, 11) is 0. The van der Waals surface area contributed by atoms with Crippen molar-refractivity contribution in [3.8, 4) is 22.4 Å². The average molecular weight is 436 g/mol. The van der Waals surface area contributed by atoms with E-state index in [1.165, 1.54) is 37.8 Å². The van der Waals surface area contributed by atoms with Crippen molar-refractivity contribution < 1.29 is 0 Å². The number of halogens is 1. The van der Waals surface area contributed by atoms with Crippen LogP contribution in [0.3, 0.4) is 0 Å². The Balaban J connectivity index is 1.48. The standard InChI is InChI=1S/C24H28ClN6/c25-18-5-3-4-16(12-18)20-15-29-24(26)30-23(20)17-13-21(28-14-17)22-6-1-2-11-31(22)19-7-9-27-10-8-19/h3-5,12-15,19,22,28H,1-2,6-11H2,(H2,26,29,30). The zero-order chi connectivity index (χ0) is 21.2. The Labute approximate surface area is 188 Å². The van der Waals surface area contributed by atoms with Gasteiger partial charge in [-0.1, -0.05) is 30.2 Å². The molecule has 3 aromatic rings. The Morgan fingerprint density at radius 3 is 2.77 bits per heavy atom. The molecule has 1 unspecified atom stereocenters. The third kappa shape index (κ3) is 4.33. The number of piperidine rings is 2. The molecule has 2 aromatic heterocycles. The highest BCUT2D eigenvalue weighted by molar-refractivity contribution is 6.30. The summed E-state index contributed by atoms with van der Waals surface area (Å²) in [5.41, 5.74) is 11.0. The summed E-state index contributed by atoms with van der Waals surface area (Å²) in [6, 6.07) is 11.1. The van der Waals surface area contributed by atoms with Gasteiger partial charge < -0.3 is 10.7 Å². The molecule has 161 valence electrons. The Morgan fingerprint density at radius 1 is 1.06 bits per heavy atom. The van der Waals surface area contributed by atoms with E-state index in [0.717, 1.165) is 42.0 Å². The molecule has 2 fully saturated rings. The van der Waals surface area contributed by atoms with Gasteiger partial charge in [-0.3, -0.25) is 4.90 Å². The second-order valence-corrected chi connectivity index (χ2v) is 8.93. The molecule has 0 bridgehead atoms. The van der Waals surface area contributed by atoms with Crippen LogP contribution in [0.4, 0.5) is 5.95 Å². The van der Waals surface area contributed by atoms with Crippen LogP contribution in [-0.4, -0.2) is 45.5 Å². The number of nitrogen functional groups attached to an aromatic ring is 1. The van der Waals surface area contributed by atoms with Gasteiger partial charge >= 0.3 is 0 Å². The molecule has 2 aliphatic rings. The van der Waals surface area contributed by atoms with Crippen molar-refractivity contribution >= 4 is 17.5 Å². The van der Waals surface area contributed by atoms with Crippen molar-refractivity contribution in [2.24, 2.45) is 0 Å². The van der Waals surface area contributed by atoms with Gasteiger partial charge in [-0.05, 0) is 56.0 Å². The number of nitrogens with one attached hydrogen (secondary N) is 1. The minimum atomic E-state index is 0.272. The van der Waals surface area contributed by atoms with E-state index in [-0.39, 0.29) is 5.95 Å². The SMILES string of the molecule is Nc1ncc(-c2cccc(Cl)c2)c(-c2c[nH]c(C3CCCCN3C3CC[N]CC3)c2)n1. The third-order valence-electron chi connectivity index (χ3n) is 6.53. The molecule has 3 N–H and O–H groups in total. The van der Waals surface area contributed by atoms with Crippen LogP contribution in [0.2, 0.25) is 5.02 Å². The molecule has 4 heterocycles. The first-order valence-electron chi connectivity index (χ1n) is 11.1. The summed E-state index contributed by atoms with van der Waals surface area (Å²) in [5, 5.41) is 5.23. The smallest absolute Gasteiger partial charge is 0.220 e. The van der Waals surface area contributed by atoms with Crippen LogP contribution in [-0.2, 0) is 0 Å². The minimum absolute atomic E-state index is 0.272. The normalized spacial score (nSPS) is 20.7. The predicted octanol–water partition coefficient (Wildman–Crippen LogP) is 4.67. The van der Waals surface area contributed by atoms with Gasteiger partial charge in [0.2, 0.25) is 5.95 Å². The maximum atomic E-state index is 6.24. The lowest BCUT2D eigenvalue weighted by Gasteiger charge is -2.42. The van der Waals surface area contributed by atoms with Gasteiger partial charge in [0.25, 0.3) is 0 Å². The number of rotatable bonds is 4. The molecule has 6 nitrogen and oxygen atoms in total. The van der Waals surface area contributed by atoms with Gasteiger partial charge in [-0.25, -0.2) is 15.3 Å². The molecule has 2 saturated heterocycles. The second kappa shape index (κ2) is 8.99. The van der Waals surface area contributed by atoms with E-state index in [9.17, 15) is 0 Å². The molecule has 2 aliphatic heterocycles. The lowest BCUT2D eigenvalue weighted by atomic mass is 9.93. The van der Waals surface area contributed by atoms with E-state index in [1.54, 1.807) is 6.20 Å². The maximum absolute atomic E-state index is 6.24. The number of hydrogen-bond acceptors (Lipinski definition) is 4. The lowest BCUT2D eigenvalue weighted by Crippen LogP contribution is -2.45. The van der Waals surface area contributed by atoms with E-state index in [2.05, 4.69) is 31.2 Å². The first-order valence-corrected chi connectivity index (χ1v) is 11.5. The largest absolute Gasteiger partial charge is 0.368 e. The summed E-state index contributed by atoms with van der Waals surface area (Å²) in [5.74, 6) is 0.272. The molecule has 0 spiro atoms. The summed E-state index contributed by atoms with van der Waals surface area (Å²) < 4.78 is 0. The van der Waals surface area contributed by atoms with Crippen LogP contribution in [0.5, 0.6) is 0 Å². The Morgan fingerprint density at radius 2 is 1.94 bits per heavy atom. The first kappa shape index (κ1) is 20.5. The molecule has 5 rings (SSSR count). The number of hydrogen-bond donors (Lipinski definition) is 2. The van der Waals surface area contributed by atoms with Crippen molar-refractivity contribution in [3.05, 3.63) is 53.4 Å². The van der Waals surface area contributed by atoms with Crippen LogP contribution in [0, 0.1) is 0 Å². The summed E-state index contributed by atoms with van der Waals surface area (Å²) >= 11 is 6.24. The van der Waals surface area contributed by atoms with E-state index in [4.69, 9.17) is 17.3 Å². The molecule has 1 radical (unpaired) electrons. The van der Waals surface area contributed by atoms with Crippen LogP contribution in [0.25, 0.3) is 22.4 Å². The fourth-order valence-electron chi connectivity index (χ4n) is 5.02. The summed E-state index contributed by atoms with van der Waals surface area (Å²) in [6.45, 7) is 3.15. The Hall–Kier alpha value is -2.41. The van der Waals surface area contributed by atoms with Gasteiger partial charge in [0.1, 0.15) is 0 Å². The van der Waals surface area contributed by atoms with Crippen molar-refractivity contribution in [2.75, 3.05) is 25.4 Å². The van der Waals surface area contributed by atoms with Crippen molar-refractivity contribution in [3.63, 3.8) is 0 Å². The Bertz CT molecular complexity index is 1040. The van der Waals surface area contributed by atoms with Crippen molar-refractivity contribution in [1.82, 2.24) is 25.2 Å². The number of nitrogens with zero attached hydrogens (tertiary/aromatic N) is 4. The highest BCUT2D eigenvalue weighted by Crippen LogP contribution is 2.37. The molecular weight excluding hydrogens is 408 g/mol. The van der Waals surface area contributed by atoms with Gasteiger partial charge in [0.15, 0.2) is 0 Å². The Kier molecular flexibility index (Phi) is 5.94. The lowest BCUT2D eigenvalue weighted by molar-refractivity contribution is 0.0735. The van der Waals surface area contributed by atoms with Crippen molar-refractivity contribution in [2.45, 2.75) is 44.2 Å². The topological polar surface area (TPSA) is 84.9 Å². The summed E-state index contributed by atoms with van der Waals surface area (Å²) in [6.07, 6.45) is 9.90. The van der Waals surface area contributed by atoms with Gasteiger partial charge in [0.05, 0.1) is 11.7 Å². The quantitative estimate of drug-likeness (QED) is 0.623. The number of aromatic amines is 1. The molecule has 0 saturated carbocycles. The monoisotopic (exact) mass is 435 g/mol. The summed E-state index contributed by atoms with van der Waals surface area (Å²) in [4.78, 5) is 15.1. The van der Waals surface area contributed by atoms with Gasteiger partial charge in [0, 0.05) is 53.4 Å². The number of benzene rings is 1. The molecule has 7 heteroatoms. The number of H-pyrrole nitrogens is 1. The third-order valence-corrected chi connectivity index (χ3v) is 6.77. The molecule has 0 amide bonds. The second-order valence-electron chi connectivity index (χ2n) is 8.50. The fourth-order valence-corrected chi connectivity index (χ4v) is 5.21. The highest BCUT2D eigenvalue weighted by Gasteiger charge is 2.31. The van der Waals surface area contributed by atoms with Crippen LogP contribution < -0.4 is 11.1 Å². The number of nitrogens with two attached hydrogens (primary N) is 1. The zero-order valence-electron chi connectivity index (χ0n) is 17.6. The highest BCUT2D eigenvalue weighted by atomic mass is 35.5. The van der Waals surface area contributed by atoms with Crippen LogP contribution in [0.1, 0.15) is 43.8 Å². The fraction of sp³-hybridized carbons (Fsp3) is 0.417. The van der Waals surface area contributed by atoms with E-state index < -0.39 is 0 Å². The number of aromatic nitrogens is 3. The average Bonchev–Trinajstić information content (AvgIpc) is 3.30. The van der Waals surface area contributed by atoms with E-state index >= 15 is 0 Å². The van der Waals surface area contributed by atoms with Crippen LogP contribution in [0.15, 0.2) is 42.7 Å². The predicted molar refractivity (Wildman–Crippen MR) is 125 cm³/mol. The van der Waals surface area contributed by atoms with E-state index in [0.29, 0.717) is 17.1 Å². The number of anilines is 1. The van der Waals surface area contributed by atoms with E-state index in [1.807, 2.05) is 30.5 Å². The minimum Gasteiger partial charge on any atom is -0.368 e. The first-order chi connectivity index (χ1) is 15.2. The van der Waals surface area contributed by atoms with Gasteiger partial charge in [-0.15, -0.1) is 0 Å². The zero-order valence-corrected chi connectivity index (χ0v) is 18.4.